The monoisotopic (exact) mass is 1050 g/mol. The molecule has 0 saturated carbocycles. The van der Waals surface area contributed by atoms with Gasteiger partial charge in [-0.2, -0.15) is 0 Å². The number of esters is 3. The zero-order valence-electron chi connectivity index (χ0n) is 49.5. The van der Waals surface area contributed by atoms with E-state index in [1.54, 1.807) is 0 Å². The molecule has 0 aliphatic rings. The molecule has 0 rings (SSSR count). The van der Waals surface area contributed by atoms with Crippen LogP contribution in [-0.2, 0) is 42.8 Å². The maximum atomic E-state index is 12.6. The van der Waals surface area contributed by atoms with E-state index in [1.807, 2.05) is 0 Å². The summed E-state index contributed by atoms with van der Waals surface area (Å²) >= 11 is 0. The van der Waals surface area contributed by atoms with E-state index in [4.69, 9.17) is 28.4 Å². The molecule has 434 valence electrons. The number of quaternary nitrogens is 1. The van der Waals surface area contributed by atoms with Gasteiger partial charge >= 0.3 is 17.9 Å². The van der Waals surface area contributed by atoms with Gasteiger partial charge in [0.15, 0.2) is 5.54 Å². The van der Waals surface area contributed by atoms with E-state index >= 15 is 0 Å². The van der Waals surface area contributed by atoms with E-state index < -0.39 is 5.54 Å². The largest absolute Gasteiger partial charge is 0.466 e. The average Bonchev–Trinajstić information content (AvgIpc) is 3.38. The Balaban J connectivity index is 4.74. The fourth-order valence-corrected chi connectivity index (χ4v) is 8.72. The van der Waals surface area contributed by atoms with Crippen molar-refractivity contribution in [3.05, 3.63) is 36.5 Å². The Morgan fingerprint density at radius 2 is 0.527 bits per heavy atom. The zero-order chi connectivity index (χ0) is 54.2. The maximum Gasteiger partial charge on any atom is 0.308 e. The summed E-state index contributed by atoms with van der Waals surface area (Å²) in [7, 11) is 6.17. The first-order valence-electron chi connectivity index (χ1n) is 31.1. The summed E-state index contributed by atoms with van der Waals surface area (Å²) < 4.78 is 35.6. The number of carbonyl (C=O) groups is 3. The van der Waals surface area contributed by atoms with Crippen molar-refractivity contribution < 1.29 is 47.3 Å². The van der Waals surface area contributed by atoms with Crippen LogP contribution in [0.3, 0.4) is 0 Å². The Labute approximate surface area is 457 Å². The molecule has 0 saturated heterocycles. The van der Waals surface area contributed by atoms with Gasteiger partial charge in [0.25, 0.3) is 0 Å². The summed E-state index contributed by atoms with van der Waals surface area (Å²) in [5.74, 6) is -0.777. The number of unbranched alkanes of at least 4 members (excludes halogenated alkanes) is 30. The van der Waals surface area contributed by atoms with Crippen LogP contribution in [0.2, 0.25) is 0 Å². The highest BCUT2D eigenvalue weighted by Crippen LogP contribution is 2.23. The molecule has 0 aromatic heterocycles. The lowest BCUT2D eigenvalue weighted by Crippen LogP contribution is -2.65. The van der Waals surface area contributed by atoms with Crippen LogP contribution < -0.4 is 0 Å². The van der Waals surface area contributed by atoms with E-state index in [1.165, 1.54) is 173 Å². The molecular weight excluding hydrogens is 927 g/mol. The molecule has 0 atom stereocenters. The summed E-state index contributed by atoms with van der Waals surface area (Å²) in [6.45, 7) is 9.44. The summed E-state index contributed by atoms with van der Waals surface area (Å²) in [5, 5.41) is 0. The predicted molar refractivity (Wildman–Crippen MR) is 311 cm³/mol. The lowest BCUT2D eigenvalue weighted by molar-refractivity contribution is -0.926. The summed E-state index contributed by atoms with van der Waals surface area (Å²) in [6, 6.07) is 0. The van der Waals surface area contributed by atoms with Gasteiger partial charge in [-0.05, 0) is 96.3 Å². The molecule has 0 aromatic rings. The third kappa shape index (κ3) is 49.1. The summed E-state index contributed by atoms with van der Waals surface area (Å²) in [5.41, 5.74) is -0.683. The van der Waals surface area contributed by atoms with Gasteiger partial charge < -0.3 is 32.9 Å². The predicted octanol–water partition coefficient (Wildman–Crippen LogP) is 17.1. The molecule has 10 heteroatoms. The highest BCUT2D eigenvalue weighted by molar-refractivity contribution is 5.70. The van der Waals surface area contributed by atoms with Gasteiger partial charge in [0.1, 0.15) is 19.8 Å². The van der Waals surface area contributed by atoms with Crippen molar-refractivity contribution >= 4 is 17.9 Å². The molecule has 0 heterocycles. The van der Waals surface area contributed by atoms with Gasteiger partial charge in [-0.15, -0.1) is 0 Å². The second kappa shape index (κ2) is 55.2. The van der Waals surface area contributed by atoms with E-state index in [2.05, 4.69) is 78.4 Å². The Kier molecular flexibility index (Phi) is 53.3. The van der Waals surface area contributed by atoms with Crippen LogP contribution in [0.4, 0.5) is 0 Å². The Morgan fingerprint density at radius 3 is 0.757 bits per heavy atom. The van der Waals surface area contributed by atoms with Gasteiger partial charge in [0.05, 0.1) is 80.0 Å². The van der Waals surface area contributed by atoms with Crippen molar-refractivity contribution in [2.24, 2.45) is 0 Å². The van der Waals surface area contributed by atoms with Gasteiger partial charge in [-0.3, -0.25) is 14.4 Å². The lowest BCUT2D eigenvalue weighted by atomic mass is 9.99. The van der Waals surface area contributed by atoms with Gasteiger partial charge in [-0.25, -0.2) is 0 Å². The number of ether oxygens (including phenoxy) is 6. The van der Waals surface area contributed by atoms with Crippen molar-refractivity contribution in [1.82, 2.24) is 0 Å². The molecule has 0 bridgehead atoms. The van der Waals surface area contributed by atoms with Gasteiger partial charge in [0.2, 0.25) is 0 Å². The van der Waals surface area contributed by atoms with Crippen LogP contribution in [0.1, 0.15) is 271 Å². The minimum atomic E-state index is -0.683. The van der Waals surface area contributed by atoms with Crippen LogP contribution in [-0.4, -0.2) is 109 Å². The average molecular weight is 1050 g/mol. The third-order valence-electron chi connectivity index (χ3n) is 14.1. The fraction of sp³-hybridized carbons (Fsp3) is 0.859. The quantitative estimate of drug-likeness (QED) is 0.0193. The second-order valence-corrected chi connectivity index (χ2v) is 22.0. The molecule has 0 aliphatic carbocycles. The van der Waals surface area contributed by atoms with E-state index in [9.17, 15) is 14.4 Å². The van der Waals surface area contributed by atoms with Gasteiger partial charge in [-0.1, -0.05) is 192 Å². The van der Waals surface area contributed by atoms with Crippen molar-refractivity contribution in [2.75, 3.05) is 80.6 Å². The van der Waals surface area contributed by atoms with E-state index in [-0.39, 0.29) is 76.8 Å². The molecule has 74 heavy (non-hydrogen) atoms. The van der Waals surface area contributed by atoms with Crippen LogP contribution in [0.15, 0.2) is 36.5 Å². The number of rotatable bonds is 58. The Bertz CT molecular complexity index is 1180. The number of hydrogen-bond donors (Lipinski definition) is 0. The smallest absolute Gasteiger partial charge is 0.308 e. The number of nitrogens with zero attached hydrogens (tertiary/aromatic N) is 1. The van der Waals surface area contributed by atoms with Crippen LogP contribution in [0, 0.1) is 0 Å². The Morgan fingerprint density at radius 1 is 0.311 bits per heavy atom. The fourth-order valence-electron chi connectivity index (χ4n) is 8.72. The zero-order valence-corrected chi connectivity index (χ0v) is 49.5. The minimum absolute atomic E-state index is 0.159. The molecule has 0 spiro atoms. The standard InChI is InChI=1S/C64H120NO9/c1-7-10-13-16-19-22-25-28-31-34-37-40-43-46-52-72-61(66)49-55-69-58-64(65(4,5)6,59-70-56-50-62(67)73-53-47-44-41-38-35-32-29-26-23-20-17-14-11-8-2)60-71-57-51-63(68)74-54-48-45-42-39-36-33-30-27-24-21-18-15-12-9-3/h22-27H,7-21,28-60H2,1-6H3/q+1/b25-22-,26-23?,27-24?. The molecule has 0 aliphatic heterocycles. The first-order valence-corrected chi connectivity index (χ1v) is 31.1. The highest BCUT2D eigenvalue weighted by atomic mass is 16.5. The second-order valence-electron chi connectivity index (χ2n) is 22.0. The number of carbonyl (C=O) groups excluding carboxylic acids is 3. The van der Waals surface area contributed by atoms with Crippen LogP contribution in [0.25, 0.3) is 0 Å². The molecule has 0 unspecified atom stereocenters. The van der Waals surface area contributed by atoms with Crippen LogP contribution in [0.5, 0.6) is 0 Å². The van der Waals surface area contributed by atoms with E-state index in [0.717, 1.165) is 57.8 Å². The summed E-state index contributed by atoms with van der Waals surface area (Å²) in [6.07, 6.45) is 58.1. The number of likely N-dealkylation sites (N-methyl/N-ethyl adjacent to an activating group) is 1. The molecule has 0 radical (unpaired) electrons. The topological polar surface area (TPSA) is 107 Å². The molecule has 10 nitrogen and oxygen atoms in total. The highest BCUT2D eigenvalue weighted by Gasteiger charge is 2.44. The molecule has 0 aromatic carbocycles. The number of hydrogen-bond acceptors (Lipinski definition) is 9. The van der Waals surface area contributed by atoms with Crippen molar-refractivity contribution in [3.63, 3.8) is 0 Å². The SMILES string of the molecule is CCCCCCC=CCCCCCCCCOC(=O)CCOCC(COCCC(=O)OCCCCCCCCC=CCCCCCC)(COCCC(=O)OCCCCCCCC/C=C\CCCCCC)[N+](C)(C)C. The Hall–Kier alpha value is -2.53. The van der Waals surface area contributed by atoms with Crippen molar-refractivity contribution in [2.45, 2.75) is 277 Å². The van der Waals surface area contributed by atoms with Crippen LogP contribution >= 0.6 is 0 Å². The number of allylic oxidation sites excluding steroid dienone is 6. The molecule has 0 fully saturated rings. The van der Waals surface area contributed by atoms with Crippen molar-refractivity contribution in [3.8, 4) is 0 Å². The summed E-state index contributed by atoms with van der Waals surface area (Å²) in [4.78, 5) is 37.9. The first-order chi connectivity index (χ1) is 36.1. The van der Waals surface area contributed by atoms with Crippen molar-refractivity contribution in [1.29, 1.82) is 0 Å². The first kappa shape index (κ1) is 71.5. The lowest BCUT2D eigenvalue weighted by Gasteiger charge is -2.45. The normalized spacial score (nSPS) is 12.9. The van der Waals surface area contributed by atoms with E-state index in [0.29, 0.717) is 24.3 Å². The molecule has 0 N–H and O–H groups in total. The third-order valence-corrected chi connectivity index (χ3v) is 14.1. The molecular formula is C64H120NO9+. The van der Waals surface area contributed by atoms with Gasteiger partial charge in [0, 0.05) is 0 Å². The maximum absolute atomic E-state index is 12.6. The molecule has 0 amide bonds. The minimum Gasteiger partial charge on any atom is -0.466 e.